The molecule has 5 heteroatoms. The molecule has 0 bridgehead atoms. The zero-order chi connectivity index (χ0) is 17.5. The van der Waals surface area contributed by atoms with Gasteiger partial charge in [0.25, 0.3) is 0 Å². The van der Waals surface area contributed by atoms with Crippen LogP contribution in [-0.4, -0.2) is 40.6 Å². The summed E-state index contributed by atoms with van der Waals surface area (Å²) >= 11 is 0. The summed E-state index contributed by atoms with van der Waals surface area (Å²) in [6.45, 7) is 6.63. The van der Waals surface area contributed by atoms with Gasteiger partial charge in [0.05, 0.1) is 5.56 Å². The number of carbonyl (C=O) groups excluding carboxylic acids is 1. The smallest absolute Gasteiger partial charge is 0.407 e. The summed E-state index contributed by atoms with van der Waals surface area (Å²) in [6, 6.07) is 5.68. The molecule has 2 atom stereocenters. The molecule has 0 spiro atoms. The van der Waals surface area contributed by atoms with Crippen molar-refractivity contribution in [3.05, 3.63) is 29.3 Å². The van der Waals surface area contributed by atoms with Gasteiger partial charge in [0.15, 0.2) is 5.78 Å². The predicted octanol–water partition coefficient (Wildman–Crippen LogP) is 3.75. The van der Waals surface area contributed by atoms with Crippen LogP contribution in [0.1, 0.15) is 56.0 Å². The maximum absolute atomic E-state index is 12.1. The summed E-state index contributed by atoms with van der Waals surface area (Å²) in [7, 11) is 0. The zero-order valence-corrected chi connectivity index (χ0v) is 14.5. The molecule has 1 aromatic rings. The van der Waals surface area contributed by atoms with Crippen molar-refractivity contribution in [2.45, 2.75) is 58.6 Å². The number of fused-ring (bicyclic) bond motifs is 1. The van der Waals surface area contributed by atoms with Gasteiger partial charge < -0.3 is 14.7 Å². The van der Waals surface area contributed by atoms with Gasteiger partial charge in [-0.2, -0.15) is 0 Å². The molecule has 1 amide bonds. The van der Waals surface area contributed by atoms with Crippen molar-refractivity contribution >= 4 is 11.9 Å². The highest BCUT2D eigenvalue weighted by molar-refractivity contribution is 6.02. The van der Waals surface area contributed by atoms with E-state index >= 15 is 0 Å². The molecule has 0 aromatic heterocycles. The summed E-state index contributed by atoms with van der Waals surface area (Å²) in [5.41, 5.74) is 1.63. The minimum Gasteiger partial charge on any atom is -0.490 e. The van der Waals surface area contributed by atoms with Gasteiger partial charge in [-0.1, -0.05) is 32.9 Å². The normalized spacial score (nSPS) is 24.0. The third kappa shape index (κ3) is 3.12. The number of aryl methyl sites for hydroxylation is 1. The molecule has 1 heterocycles. The first kappa shape index (κ1) is 16.8. The molecule has 0 saturated carbocycles. The van der Waals surface area contributed by atoms with Crippen LogP contribution < -0.4 is 4.74 Å². The van der Waals surface area contributed by atoms with Gasteiger partial charge in [0, 0.05) is 31.8 Å². The Bertz CT molecular complexity index is 662. The number of carbonyl (C=O) groups is 2. The second-order valence-corrected chi connectivity index (χ2v) is 7.84. The number of amides is 1. The lowest BCUT2D eigenvalue weighted by atomic mass is 9.80. The van der Waals surface area contributed by atoms with Gasteiger partial charge in [0.2, 0.25) is 0 Å². The number of nitrogens with zero attached hydrogens (tertiary/aromatic N) is 1. The lowest BCUT2D eigenvalue weighted by molar-refractivity contribution is 0.0128. The molecule has 1 aromatic carbocycles. The number of carboxylic acid groups (broad SMARTS) is 1. The first-order valence-corrected chi connectivity index (χ1v) is 8.58. The maximum Gasteiger partial charge on any atom is 0.407 e. The van der Waals surface area contributed by atoms with Crippen molar-refractivity contribution in [2.24, 2.45) is 5.41 Å². The second kappa shape index (κ2) is 6.11. The maximum atomic E-state index is 12.1. The minimum absolute atomic E-state index is 0.0651. The van der Waals surface area contributed by atoms with Crippen molar-refractivity contribution in [3.8, 4) is 5.75 Å². The van der Waals surface area contributed by atoms with E-state index in [0.29, 0.717) is 31.6 Å². The Morgan fingerprint density at radius 2 is 2.04 bits per heavy atom. The number of likely N-dealkylation sites (tertiary alicyclic amines) is 1. The third-order valence-electron chi connectivity index (χ3n) is 5.11. The second-order valence-electron chi connectivity index (χ2n) is 7.84. The number of hydrogen-bond donors (Lipinski definition) is 1. The molecular weight excluding hydrogens is 306 g/mol. The van der Waals surface area contributed by atoms with Crippen LogP contribution in [0.2, 0.25) is 0 Å². The van der Waals surface area contributed by atoms with Crippen molar-refractivity contribution in [3.63, 3.8) is 0 Å². The van der Waals surface area contributed by atoms with Crippen LogP contribution >= 0.6 is 0 Å². The molecule has 1 aliphatic carbocycles. The molecule has 3 rings (SSSR count). The van der Waals surface area contributed by atoms with E-state index in [1.807, 2.05) is 18.2 Å². The average molecular weight is 331 g/mol. The van der Waals surface area contributed by atoms with Crippen LogP contribution in [0.4, 0.5) is 4.79 Å². The fourth-order valence-electron chi connectivity index (χ4n) is 3.84. The highest BCUT2D eigenvalue weighted by Gasteiger charge is 2.39. The summed E-state index contributed by atoms with van der Waals surface area (Å²) < 4.78 is 6.18. The summed E-state index contributed by atoms with van der Waals surface area (Å²) in [5.74, 6) is 0.812. The van der Waals surface area contributed by atoms with Crippen LogP contribution in [0, 0.1) is 5.41 Å². The summed E-state index contributed by atoms with van der Waals surface area (Å²) in [4.78, 5) is 25.2. The van der Waals surface area contributed by atoms with Gasteiger partial charge in [-0.25, -0.2) is 4.79 Å². The molecule has 130 valence electrons. The van der Waals surface area contributed by atoms with Crippen LogP contribution in [0.5, 0.6) is 5.75 Å². The number of ketones is 1. The van der Waals surface area contributed by atoms with E-state index in [1.54, 1.807) is 0 Å². The van der Waals surface area contributed by atoms with Crippen molar-refractivity contribution in [1.82, 2.24) is 4.90 Å². The molecule has 1 saturated heterocycles. The number of ether oxygens (including phenoxy) is 1. The van der Waals surface area contributed by atoms with Gasteiger partial charge in [-0.3, -0.25) is 4.79 Å². The Morgan fingerprint density at radius 1 is 1.29 bits per heavy atom. The fourth-order valence-corrected chi connectivity index (χ4v) is 3.84. The van der Waals surface area contributed by atoms with Crippen molar-refractivity contribution in [1.29, 1.82) is 0 Å². The van der Waals surface area contributed by atoms with Gasteiger partial charge in [-0.05, 0) is 23.5 Å². The third-order valence-corrected chi connectivity index (χ3v) is 5.11. The molecule has 2 unspecified atom stereocenters. The lowest BCUT2D eigenvalue weighted by Gasteiger charge is -2.44. The van der Waals surface area contributed by atoms with Crippen LogP contribution in [0.15, 0.2) is 18.2 Å². The molecule has 5 nitrogen and oxygen atoms in total. The SMILES string of the molecule is CC(C)(C)C1CC(Oc2cccc3c2C(=O)CC3)CCN1C(=O)O. The van der Waals surface area contributed by atoms with E-state index < -0.39 is 6.09 Å². The van der Waals surface area contributed by atoms with E-state index in [1.165, 1.54) is 4.90 Å². The topological polar surface area (TPSA) is 66.8 Å². The molecule has 1 fully saturated rings. The van der Waals surface area contributed by atoms with Gasteiger partial charge in [0.1, 0.15) is 11.9 Å². The van der Waals surface area contributed by atoms with Gasteiger partial charge >= 0.3 is 6.09 Å². The Balaban J connectivity index is 1.79. The number of rotatable bonds is 2. The molecular formula is C19H25NO4. The molecule has 1 N–H and O–H groups in total. The van der Waals surface area contributed by atoms with E-state index in [9.17, 15) is 14.7 Å². The Kier molecular flexibility index (Phi) is 4.28. The fraction of sp³-hybridized carbons (Fsp3) is 0.579. The monoisotopic (exact) mass is 331 g/mol. The largest absolute Gasteiger partial charge is 0.490 e. The molecule has 1 aliphatic heterocycles. The van der Waals surface area contributed by atoms with E-state index in [2.05, 4.69) is 20.8 Å². The summed E-state index contributed by atoms with van der Waals surface area (Å²) in [5, 5.41) is 9.45. The first-order valence-electron chi connectivity index (χ1n) is 8.58. The van der Waals surface area contributed by atoms with Gasteiger partial charge in [-0.15, -0.1) is 0 Å². The molecule has 0 radical (unpaired) electrons. The van der Waals surface area contributed by atoms with Crippen LogP contribution in [0.3, 0.4) is 0 Å². The average Bonchev–Trinajstić information content (AvgIpc) is 2.89. The zero-order valence-electron chi connectivity index (χ0n) is 14.5. The number of hydrogen-bond acceptors (Lipinski definition) is 3. The molecule has 24 heavy (non-hydrogen) atoms. The highest BCUT2D eigenvalue weighted by atomic mass is 16.5. The number of piperidine rings is 1. The number of benzene rings is 1. The Morgan fingerprint density at radius 3 is 2.71 bits per heavy atom. The highest BCUT2D eigenvalue weighted by Crippen LogP contribution is 2.36. The minimum atomic E-state index is -0.871. The first-order chi connectivity index (χ1) is 11.3. The lowest BCUT2D eigenvalue weighted by Crippen LogP contribution is -2.53. The summed E-state index contributed by atoms with van der Waals surface area (Å²) in [6.07, 6.45) is 1.70. The van der Waals surface area contributed by atoms with E-state index in [4.69, 9.17) is 4.74 Å². The van der Waals surface area contributed by atoms with Crippen molar-refractivity contribution < 1.29 is 19.4 Å². The van der Waals surface area contributed by atoms with Crippen LogP contribution in [-0.2, 0) is 6.42 Å². The predicted molar refractivity (Wildman–Crippen MR) is 90.7 cm³/mol. The Hall–Kier alpha value is -2.04. The van der Waals surface area contributed by atoms with E-state index in [0.717, 1.165) is 17.5 Å². The Labute approximate surface area is 142 Å². The number of Topliss-reactive ketones (excluding diaryl/α,β-unsaturated/α-hetero) is 1. The quantitative estimate of drug-likeness (QED) is 0.896. The standard InChI is InChI=1S/C19H25NO4/c1-19(2,3)16-11-13(9-10-20(16)18(22)23)24-15-6-4-5-12-7-8-14(21)17(12)15/h4-6,13,16H,7-11H2,1-3H3,(H,22,23). The van der Waals surface area contributed by atoms with Crippen molar-refractivity contribution in [2.75, 3.05) is 6.54 Å². The van der Waals surface area contributed by atoms with E-state index in [-0.39, 0.29) is 23.3 Å². The van der Waals surface area contributed by atoms with Crippen LogP contribution in [0.25, 0.3) is 0 Å². The molecule has 2 aliphatic rings.